The molecule has 2 atom stereocenters. The quantitative estimate of drug-likeness (QED) is 0.817. The Balaban J connectivity index is 2.02. The lowest BCUT2D eigenvalue weighted by Gasteiger charge is -2.31. The van der Waals surface area contributed by atoms with Gasteiger partial charge in [0.05, 0.1) is 12.0 Å². The SMILES string of the molecule is COCC1(C(=O)N2CCC(C(C)C)C2)CCNC1. The topological polar surface area (TPSA) is 41.6 Å². The van der Waals surface area contributed by atoms with Crippen LogP contribution in [0.1, 0.15) is 26.7 Å². The molecule has 0 aromatic carbocycles. The molecule has 2 aliphatic rings. The fourth-order valence-electron chi connectivity index (χ4n) is 3.24. The van der Waals surface area contributed by atoms with E-state index in [4.69, 9.17) is 4.74 Å². The number of hydrogen-bond donors (Lipinski definition) is 1. The van der Waals surface area contributed by atoms with Crippen molar-refractivity contribution in [1.29, 1.82) is 0 Å². The number of nitrogens with one attached hydrogen (secondary N) is 1. The molecule has 0 aliphatic carbocycles. The minimum absolute atomic E-state index is 0.303. The van der Waals surface area contributed by atoms with E-state index in [0.29, 0.717) is 24.3 Å². The van der Waals surface area contributed by atoms with E-state index in [1.807, 2.05) is 0 Å². The molecular weight excluding hydrogens is 228 g/mol. The van der Waals surface area contributed by atoms with E-state index in [9.17, 15) is 4.79 Å². The molecule has 2 aliphatic heterocycles. The van der Waals surface area contributed by atoms with Crippen LogP contribution in [-0.4, -0.2) is 50.7 Å². The number of hydrogen-bond acceptors (Lipinski definition) is 3. The van der Waals surface area contributed by atoms with E-state index >= 15 is 0 Å². The second kappa shape index (κ2) is 5.57. The number of carbonyl (C=O) groups is 1. The first-order chi connectivity index (χ1) is 8.59. The summed E-state index contributed by atoms with van der Waals surface area (Å²) in [4.78, 5) is 14.8. The lowest BCUT2D eigenvalue weighted by Crippen LogP contribution is -2.47. The molecule has 104 valence electrons. The average molecular weight is 254 g/mol. The highest BCUT2D eigenvalue weighted by atomic mass is 16.5. The number of carbonyl (C=O) groups excluding carboxylic acids is 1. The maximum absolute atomic E-state index is 12.7. The number of ether oxygens (including phenoxy) is 1. The van der Waals surface area contributed by atoms with E-state index in [-0.39, 0.29) is 5.41 Å². The normalized spacial score (nSPS) is 32.4. The number of methoxy groups -OCH3 is 1. The van der Waals surface area contributed by atoms with Crippen LogP contribution in [0.25, 0.3) is 0 Å². The highest BCUT2D eigenvalue weighted by Crippen LogP contribution is 2.32. The van der Waals surface area contributed by atoms with Gasteiger partial charge in [0.1, 0.15) is 0 Å². The molecule has 2 unspecified atom stereocenters. The van der Waals surface area contributed by atoms with Gasteiger partial charge in [-0.2, -0.15) is 0 Å². The third-order valence-electron chi connectivity index (χ3n) is 4.57. The van der Waals surface area contributed by atoms with Crippen LogP contribution in [0.2, 0.25) is 0 Å². The minimum Gasteiger partial charge on any atom is -0.384 e. The van der Waals surface area contributed by atoms with Gasteiger partial charge in [-0.3, -0.25) is 4.79 Å². The fourth-order valence-corrected chi connectivity index (χ4v) is 3.24. The van der Waals surface area contributed by atoms with Crippen LogP contribution in [0.4, 0.5) is 0 Å². The molecule has 0 saturated carbocycles. The van der Waals surface area contributed by atoms with Gasteiger partial charge >= 0.3 is 0 Å². The van der Waals surface area contributed by atoms with E-state index in [0.717, 1.165) is 39.0 Å². The predicted octanol–water partition coefficient (Wildman–Crippen LogP) is 1.12. The number of nitrogens with zero attached hydrogens (tertiary/aromatic N) is 1. The van der Waals surface area contributed by atoms with Crippen LogP contribution >= 0.6 is 0 Å². The zero-order valence-electron chi connectivity index (χ0n) is 11.9. The van der Waals surface area contributed by atoms with Gasteiger partial charge < -0.3 is 15.0 Å². The van der Waals surface area contributed by atoms with Crippen molar-refractivity contribution in [2.75, 3.05) is 39.9 Å². The first-order valence-electron chi connectivity index (χ1n) is 7.08. The third-order valence-corrected chi connectivity index (χ3v) is 4.57. The van der Waals surface area contributed by atoms with Crippen molar-refractivity contribution in [3.05, 3.63) is 0 Å². The molecule has 0 aromatic rings. The maximum Gasteiger partial charge on any atom is 0.232 e. The summed E-state index contributed by atoms with van der Waals surface area (Å²) in [6.07, 6.45) is 2.06. The Hall–Kier alpha value is -0.610. The molecule has 2 rings (SSSR count). The van der Waals surface area contributed by atoms with Crippen molar-refractivity contribution in [3.8, 4) is 0 Å². The molecule has 0 spiro atoms. The fraction of sp³-hybridized carbons (Fsp3) is 0.929. The third kappa shape index (κ3) is 2.54. The largest absolute Gasteiger partial charge is 0.384 e. The summed E-state index contributed by atoms with van der Waals surface area (Å²) >= 11 is 0. The van der Waals surface area contributed by atoms with Gasteiger partial charge in [0, 0.05) is 26.7 Å². The predicted molar refractivity (Wildman–Crippen MR) is 71.3 cm³/mol. The molecule has 18 heavy (non-hydrogen) atoms. The molecular formula is C14H26N2O2. The molecule has 1 N–H and O–H groups in total. The summed E-state index contributed by atoms with van der Waals surface area (Å²) in [6, 6.07) is 0. The Labute approximate surface area is 110 Å². The molecule has 4 heteroatoms. The zero-order chi connectivity index (χ0) is 13.2. The molecule has 2 heterocycles. The van der Waals surface area contributed by atoms with Crippen LogP contribution in [0.3, 0.4) is 0 Å². The number of rotatable bonds is 4. The van der Waals surface area contributed by atoms with Crippen LogP contribution in [0.15, 0.2) is 0 Å². The van der Waals surface area contributed by atoms with Crippen LogP contribution in [0.5, 0.6) is 0 Å². The van der Waals surface area contributed by atoms with Gasteiger partial charge in [0.15, 0.2) is 0 Å². The number of amides is 1. The summed E-state index contributed by atoms with van der Waals surface area (Å²) in [5, 5.41) is 3.31. The Morgan fingerprint density at radius 2 is 2.33 bits per heavy atom. The van der Waals surface area contributed by atoms with Gasteiger partial charge in [-0.1, -0.05) is 13.8 Å². The van der Waals surface area contributed by atoms with Crippen LogP contribution < -0.4 is 5.32 Å². The summed E-state index contributed by atoms with van der Waals surface area (Å²) in [7, 11) is 1.69. The van der Waals surface area contributed by atoms with E-state index in [1.54, 1.807) is 7.11 Å². The lowest BCUT2D eigenvalue weighted by atomic mass is 9.86. The average Bonchev–Trinajstić information content (AvgIpc) is 2.97. The van der Waals surface area contributed by atoms with Crippen LogP contribution in [0, 0.1) is 17.3 Å². The molecule has 2 fully saturated rings. The summed E-state index contributed by atoms with van der Waals surface area (Å²) < 4.78 is 5.30. The van der Waals surface area contributed by atoms with Gasteiger partial charge in [0.2, 0.25) is 5.91 Å². The van der Waals surface area contributed by atoms with E-state index < -0.39 is 0 Å². The van der Waals surface area contributed by atoms with Crippen molar-refractivity contribution in [2.45, 2.75) is 26.7 Å². The van der Waals surface area contributed by atoms with Gasteiger partial charge in [-0.05, 0) is 31.2 Å². The first kappa shape index (κ1) is 13.8. The zero-order valence-corrected chi connectivity index (χ0v) is 11.9. The first-order valence-corrected chi connectivity index (χ1v) is 7.08. The summed E-state index contributed by atoms with van der Waals surface area (Å²) in [6.45, 7) is 8.59. The van der Waals surface area contributed by atoms with E-state index in [1.165, 1.54) is 0 Å². The van der Waals surface area contributed by atoms with Crippen LogP contribution in [-0.2, 0) is 9.53 Å². The van der Waals surface area contributed by atoms with Gasteiger partial charge in [-0.15, -0.1) is 0 Å². The van der Waals surface area contributed by atoms with Crippen molar-refractivity contribution < 1.29 is 9.53 Å². The monoisotopic (exact) mass is 254 g/mol. The standard InChI is InChI=1S/C14H26N2O2/c1-11(2)12-4-7-16(8-12)13(17)14(10-18-3)5-6-15-9-14/h11-12,15H,4-10H2,1-3H3. The smallest absolute Gasteiger partial charge is 0.232 e. The van der Waals surface area contributed by atoms with E-state index in [2.05, 4.69) is 24.1 Å². The lowest BCUT2D eigenvalue weighted by molar-refractivity contribution is -0.143. The summed E-state index contributed by atoms with van der Waals surface area (Å²) in [5.41, 5.74) is -0.305. The Morgan fingerprint density at radius 3 is 2.83 bits per heavy atom. The Bertz CT molecular complexity index is 298. The van der Waals surface area contributed by atoms with Gasteiger partial charge in [0.25, 0.3) is 0 Å². The van der Waals surface area contributed by atoms with Crippen molar-refractivity contribution in [2.24, 2.45) is 17.3 Å². The Morgan fingerprint density at radius 1 is 1.56 bits per heavy atom. The Kier molecular flexibility index (Phi) is 4.28. The second-order valence-electron chi connectivity index (χ2n) is 6.18. The molecule has 0 aromatic heterocycles. The molecule has 4 nitrogen and oxygen atoms in total. The minimum atomic E-state index is -0.305. The molecule has 1 amide bonds. The summed E-state index contributed by atoms with van der Waals surface area (Å²) in [5.74, 6) is 1.64. The molecule has 0 bridgehead atoms. The van der Waals surface area contributed by atoms with Gasteiger partial charge in [-0.25, -0.2) is 0 Å². The molecule has 0 radical (unpaired) electrons. The highest BCUT2D eigenvalue weighted by molar-refractivity contribution is 5.84. The highest BCUT2D eigenvalue weighted by Gasteiger charge is 2.45. The number of likely N-dealkylation sites (tertiary alicyclic amines) is 1. The van der Waals surface area contributed by atoms with Crippen molar-refractivity contribution >= 4 is 5.91 Å². The maximum atomic E-state index is 12.7. The second-order valence-corrected chi connectivity index (χ2v) is 6.18. The molecule has 2 saturated heterocycles. The van der Waals surface area contributed by atoms with Crippen molar-refractivity contribution in [1.82, 2.24) is 10.2 Å². The van der Waals surface area contributed by atoms with Crippen molar-refractivity contribution in [3.63, 3.8) is 0 Å².